The third kappa shape index (κ3) is 1.84. The molecule has 2 aromatic heterocycles. The van der Waals surface area contributed by atoms with Gasteiger partial charge in [0.1, 0.15) is 0 Å². The molecule has 1 atom stereocenters. The van der Waals surface area contributed by atoms with Gasteiger partial charge in [-0.3, -0.25) is 4.98 Å². The number of aromatic nitrogens is 2. The Morgan fingerprint density at radius 1 is 1.62 bits per heavy atom. The molecule has 0 radical (unpaired) electrons. The van der Waals surface area contributed by atoms with Crippen LogP contribution in [0.15, 0.2) is 18.5 Å². The zero-order valence-corrected chi connectivity index (χ0v) is 8.21. The van der Waals surface area contributed by atoms with Crippen molar-refractivity contribution in [3.8, 4) is 0 Å². The Bertz CT molecular complexity index is 375. The predicted molar refractivity (Wildman–Crippen MR) is 54.8 cm³/mol. The van der Waals surface area contributed by atoms with Crippen molar-refractivity contribution < 1.29 is 0 Å². The monoisotopic (exact) mass is 193 g/mol. The molecule has 0 aliphatic heterocycles. The second-order valence-corrected chi connectivity index (χ2v) is 4.25. The number of thiazole rings is 1. The van der Waals surface area contributed by atoms with Crippen molar-refractivity contribution >= 4 is 21.6 Å². The highest BCUT2D eigenvalue weighted by molar-refractivity contribution is 7.18. The first-order valence-corrected chi connectivity index (χ1v) is 5.02. The Kier molecular flexibility index (Phi) is 2.24. The lowest BCUT2D eigenvalue weighted by Gasteiger charge is -1.98. The van der Waals surface area contributed by atoms with Gasteiger partial charge in [0.2, 0.25) is 0 Å². The minimum atomic E-state index is 0.175. The molecule has 0 saturated heterocycles. The lowest BCUT2D eigenvalue weighted by Crippen LogP contribution is -2.17. The second kappa shape index (κ2) is 3.40. The van der Waals surface area contributed by atoms with Crippen molar-refractivity contribution in [2.24, 2.45) is 5.73 Å². The summed E-state index contributed by atoms with van der Waals surface area (Å²) in [7, 11) is 0. The molecule has 0 saturated carbocycles. The van der Waals surface area contributed by atoms with Crippen LogP contribution in [0.4, 0.5) is 0 Å². The summed E-state index contributed by atoms with van der Waals surface area (Å²) in [6, 6.07) is 2.16. The van der Waals surface area contributed by atoms with Gasteiger partial charge in [0.05, 0.1) is 21.4 Å². The molecule has 0 amide bonds. The molecule has 0 aromatic carbocycles. The second-order valence-electron chi connectivity index (χ2n) is 3.13. The summed E-state index contributed by atoms with van der Waals surface area (Å²) in [5.74, 6) is 0. The Morgan fingerprint density at radius 2 is 2.46 bits per heavy atom. The van der Waals surface area contributed by atoms with Gasteiger partial charge in [0.25, 0.3) is 0 Å². The highest BCUT2D eigenvalue weighted by atomic mass is 32.1. The molecule has 1 unspecified atom stereocenters. The molecule has 4 heteroatoms. The number of fused-ring (bicyclic) bond motifs is 1. The van der Waals surface area contributed by atoms with Crippen LogP contribution < -0.4 is 5.73 Å². The Balaban J connectivity index is 2.38. The van der Waals surface area contributed by atoms with Crippen LogP contribution in [0.5, 0.6) is 0 Å². The summed E-state index contributed by atoms with van der Waals surface area (Å²) < 4.78 is 1.19. The van der Waals surface area contributed by atoms with E-state index in [0.717, 1.165) is 16.9 Å². The van der Waals surface area contributed by atoms with Gasteiger partial charge in [-0.1, -0.05) is 0 Å². The molecule has 0 aliphatic rings. The zero-order chi connectivity index (χ0) is 9.26. The number of rotatable bonds is 2. The van der Waals surface area contributed by atoms with Crippen LogP contribution in [0, 0.1) is 0 Å². The van der Waals surface area contributed by atoms with Crippen molar-refractivity contribution in [3.05, 3.63) is 23.5 Å². The van der Waals surface area contributed by atoms with E-state index in [2.05, 4.69) is 9.97 Å². The van der Waals surface area contributed by atoms with Gasteiger partial charge in [0.15, 0.2) is 0 Å². The maximum absolute atomic E-state index is 5.70. The molecule has 2 rings (SSSR count). The summed E-state index contributed by atoms with van der Waals surface area (Å²) in [5.41, 5.74) is 6.67. The average molecular weight is 193 g/mol. The van der Waals surface area contributed by atoms with Crippen molar-refractivity contribution in [1.82, 2.24) is 9.97 Å². The van der Waals surface area contributed by atoms with E-state index in [1.807, 2.05) is 13.0 Å². The Labute approximate surface area is 80.6 Å². The highest BCUT2D eigenvalue weighted by Crippen LogP contribution is 2.21. The molecule has 3 nitrogen and oxygen atoms in total. The third-order valence-electron chi connectivity index (χ3n) is 1.73. The van der Waals surface area contributed by atoms with Crippen LogP contribution in [-0.4, -0.2) is 16.0 Å². The van der Waals surface area contributed by atoms with Crippen LogP contribution in [-0.2, 0) is 6.42 Å². The van der Waals surface area contributed by atoms with Gasteiger partial charge in [-0.05, 0) is 13.0 Å². The molecular weight excluding hydrogens is 182 g/mol. The van der Waals surface area contributed by atoms with E-state index in [0.29, 0.717) is 0 Å². The minimum Gasteiger partial charge on any atom is -0.328 e. The molecule has 13 heavy (non-hydrogen) atoms. The van der Waals surface area contributed by atoms with E-state index in [1.165, 1.54) is 4.70 Å². The van der Waals surface area contributed by atoms with E-state index in [4.69, 9.17) is 5.73 Å². The van der Waals surface area contributed by atoms with Gasteiger partial charge in [-0.2, -0.15) is 0 Å². The number of nitrogens with two attached hydrogens (primary N) is 1. The van der Waals surface area contributed by atoms with E-state index in [-0.39, 0.29) is 6.04 Å². The van der Waals surface area contributed by atoms with Crippen LogP contribution in [0.3, 0.4) is 0 Å². The van der Waals surface area contributed by atoms with Crippen LogP contribution >= 0.6 is 11.3 Å². The zero-order valence-electron chi connectivity index (χ0n) is 7.40. The molecule has 2 N–H and O–H groups in total. The van der Waals surface area contributed by atoms with Gasteiger partial charge in [-0.15, -0.1) is 11.3 Å². The van der Waals surface area contributed by atoms with Crippen molar-refractivity contribution in [3.63, 3.8) is 0 Å². The number of pyridine rings is 1. The van der Waals surface area contributed by atoms with Crippen molar-refractivity contribution in [1.29, 1.82) is 0 Å². The topological polar surface area (TPSA) is 51.8 Å². The van der Waals surface area contributed by atoms with Crippen LogP contribution in [0.1, 0.15) is 11.9 Å². The Hall–Kier alpha value is -1.00. The molecular formula is C9H11N3S. The van der Waals surface area contributed by atoms with Crippen molar-refractivity contribution in [2.75, 3.05) is 0 Å². The SMILES string of the molecule is CC(N)Cc1nc2cnccc2s1. The lowest BCUT2D eigenvalue weighted by atomic mass is 10.3. The first-order valence-electron chi connectivity index (χ1n) is 4.21. The fraction of sp³-hybridized carbons (Fsp3) is 0.333. The van der Waals surface area contributed by atoms with Gasteiger partial charge >= 0.3 is 0 Å². The van der Waals surface area contributed by atoms with E-state index in [1.54, 1.807) is 23.7 Å². The van der Waals surface area contributed by atoms with Crippen LogP contribution in [0.25, 0.3) is 10.2 Å². The third-order valence-corrected chi connectivity index (χ3v) is 2.79. The summed E-state index contributed by atoms with van der Waals surface area (Å²) in [5, 5.41) is 1.10. The molecule has 2 heterocycles. The smallest absolute Gasteiger partial charge is 0.0998 e. The predicted octanol–water partition coefficient (Wildman–Crippen LogP) is 1.58. The first-order chi connectivity index (χ1) is 6.25. The fourth-order valence-electron chi connectivity index (χ4n) is 1.19. The fourth-order valence-corrected chi connectivity index (χ4v) is 2.27. The quantitative estimate of drug-likeness (QED) is 0.787. The van der Waals surface area contributed by atoms with E-state index >= 15 is 0 Å². The molecule has 0 fully saturated rings. The van der Waals surface area contributed by atoms with E-state index in [9.17, 15) is 0 Å². The highest BCUT2D eigenvalue weighted by Gasteiger charge is 2.04. The van der Waals surface area contributed by atoms with Gasteiger partial charge < -0.3 is 5.73 Å². The standard InChI is InChI=1S/C9H11N3S/c1-6(10)4-9-12-7-5-11-3-2-8(7)13-9/h2-3,5-6H,4,10H2,1H3. The summed E-state index contributed by atoms with van der Waals surface area (Å²) >= 11 is 1.69. The van der Waals surface area contributed by atoms with Crippen LogP contribution in [0.2, 0.25) is 0 Å². The van der Waals surface area contributed by atoms with E-state index < -0.39 is 0 Å². The molecule has 0 bridgehead atoms. The molecule has 0 aliphatic carbocycles. The number of hydrogen-bond donors (Lipinski definition) is 1. The molecule has 0 spiro atoms. The largest absolute Gasteiger partial charge is 0.328 e. The van der Waals surface area contributed by atoms with Gasteiger partial charge in [-0.25, -0.2) is 4.98 Å². The summed E-state index contributed by atoms with van der Waals surface area (Å²) in [6.45, 7) is 1.99. The maximum Gasteiger partial charge on any atom is 0.0998 e. The number of hydrogen-bond acceptors (Lipinski definition) is 4. The Morgan fingerprint density at radius 3 is 3.15 bits per heavy atom. The normalized spacial score (nSPS) is 13.4. The molecule has 68 valence electrons. The van der Waals surface area contributed by atoms with Crippen molar-refractivity contribution in [2.45, 2.75) is 19.4 Å². The summed E-state index contributed by atoms with van der Waals surface area (Å²) in [4.78, 5) is 8.45. The minimum absolute atomic E-state index is 0.175. The summed E-state index contributed by atoms with van der Waals surface area (Å²) in [6.07, 6.45) is 4.42. The average Bonchev–Trinajstić information content (AvgIpc) is 2.44. The first kappa shape index (κ1) is 8.59. The maximum atomic E-state index is 5.70. The molecule has 2 aromatic rings. The lowest BCUT2D eigenvalue weighted by molar-refractivity contribution is 0.735. The van der Waals surface area contributed by atoms with Gasteiger partial charge in [0, 0.05) is 18.7 Å². The number of nitrogens with zero attached hydrogens (tertiary/aromatic N) is 2.